The summed E-state index contributed by atoms with van der Waals surface area (Å²) in [5, 5.41) is 17.1. The van der Waals surface area contributed by atoms with Crippen molar-refractivity contribution in [3.8, 4) is 0 Å². The summed E-state index contributed by atoms with van der Waals surface area (Å²) in [5.74, 6) is -0.770. The van der Waals surface area contributed by atoms with Crippen LogP contribution in [0.25, 0.3) is 0 Å². The highest BCUT2D eigenvalue weighted by Gasteiger charge is 2.17. The van der Waals surface area contributed by atoms with Crippen molar-refractivity contribution in [2.75, 3.05) is 26.4 Å². The minimum absolute atomic E-state index is 0.0619. The lowest BCUT2D eigenvalue weighted by Gasteiger charge is -2.12. The predicted octanol–water partition coefficient (Wildman–Crippen LogP) is -0.741. The molecular weight excluding hydrogens is 186 g/mol. The Morgan fingerprint density at radius 3 is 2.50 bits per heavy atom. The van der Waals surface area contributed by atoms with E-state index in [2.05, 4.69) is 0 Å². The first kappa shape index (κ1) is 13.4. The molecule has 84 valence electrons. The molecule has 0 aliphatic heterocycles. The van der Waals surface area contributed by atoms with Gasteiger partial charge >= 0.3 is 5.97 Å². The standard InChI is InChI=1S/C9H19NO4/c10-7-8(3-5-12)9(13)14-6-2-1-4-11/h8,11-12H,1-7,10H2. The lowest BCUT2D eigenvalue weighted by atomic mass is 10.1. The van der Waals surface area contributed by atoms with E-state index in [0.717, 1.165) is 0 Å². The Morgan fingerprint density at radius 1 is 1.29 bits per heavy atom. The molecule has 0 rings (SSSR count). The first-order chi connectivity index (χ1) is 6.76. The molecule has 5 nitrogen and oxygen atoms in total. The summed E-state index contributed by atoms with van der Waals surface area (Å²) in [4.78, 5) is 11.3. The molecule has 0 saturated carbocycles. The molecule has 0 aromatic heterocycles. The average Bonchev–Trinajstić information content (AvgIpc) is 2.20. The molecule has 0 aliphatic rings. The van der Waals surface area contributed by atoms with E-state index in [1.54, 1.807) is 0 Å². The largest absolute Gasteiger partial charge is 0.465 e. The van der Waals surface area contributed by atoms with E-state index in [1.807, 2.05) is 0 Å². The van der Waals surface area contributed by atoms with Crippen LogP contribution >= 0.6 is 0 Å². The maximum atomic E-state index is 11.3. The summed E-state index contributed by atoms with van der Waals surface area (Å²) < 4.78 is 4.91. The fraction of sp³-hybridized carbons (Fsp3) is 0.889. The quantitative estimate of drug-likeness (QED) is 0.358. The summed E-state index contributed by atoms with van der Waals surface area (Å²) in [6.07, 6.45) is 1.62. The number of aliphatic hydroxyl groups is 2. The van der Waals surface area contributed by atoms with E-state index in [1.165, 1.54) is 0 Å². The van der Waals surface area contributed by atoms with E-state index in [0.29, 0.717) is 25.9 Å². The SMILES string of the molecule is NCC(CCO)C(=O)OCCCCO. The molecule has 0 bridgehead atoms. The van der Waals surface area contributed by atoms with E-state index in [-0.39, 0.29) is 25.7 Å². The molecule has 0 aromatic carbocycles. The fourth-order valence-electron chi connectivity index (χ4n) is 0.992. The molecule has 0 fully saturated rings. The van der Waals surface area contributed by atoms with Gasteiger partial charge in [-0.3, -0.25) is 4.79 Å². The topological polar surface area (TPSA) is 92.8 Å². The smallest absolute Gasteiger partial charge is 0.310 e. The molecule has 0 radical (unpaired) electrons. The van der Waals surface area contributed by atoms with Crippen LogP contribution in [0.5, 0.6) is 0 Å². The number of unbranched alkanes of at least 4 members (excludes halogenated alkanes) is 1. The molecule has 0 aromatic rings. The van der Waals surface area contributed by atoms with Crippen LogP contribution in [-0.4, -0.2) is 42.5 Å². The van der Waals surface area contributed by atoms with Crippen molar-refractivity contribution in [1.82, 2.24) is 0 Å². The number of aliphatic hydroxyl groups excluding tert-OH is 2. The summed E-state index contributed by atoms with van der Waals surface area (Å²) in [7, 11) is 0. The number of rotatable bonds is 8. The second kappa shape index (κ2) is 8.93. The second-order valence-electron chi connectivity index (χ2n) is 3.04. The van der Waals surface area contributed by atoms with Crippen LogP contribution in [0.15, 0.2) is 0 Å². The summed E-state index contributed by atoms with van der Waals surface area (Å²) >= 11 is 0. The van der Waals surface area contributed by atoms with Crippen LogP contribution in [0.1, 0.15) is 19.3 Å². The van der Waals surface area contributed by atoms with Gasteiger partial charge in [0.2, 0.25) is 0 Å². The first-order valence-corrected chi connectivity index (χ1v) is 4.84. The van der Waals surface area contributed by atoms with Crippen LogP contribution in [0.3, 0.4) is 0 Å². The highest BCUT2D eigenvalue weighted by Crippen LogP contribution is 2.03. The van der Waals surface area contributed by atoms with Crippen molar-refractivity contribution in [2.24, 2.45) is 11.7 Å². The molecule has 1 unspecified atom stereocenters. The Bertz CT molecular complexity index is 152. The van der Waals surface area contributed by atoms with Gasteiger partial charge in [0, 0.05) is 19.8 Å². The van der Waals surface area contributed by atoms with Crippen LogP contribution in [0, 0.1) is 5.92 Å². The molecule has 0 saturated heterocycles. The van der Waals surface area contributed by atoms with Crippen LogP contribution < -0.4 is 5.73 Å². The summed E-state index contributed by atoms with van der Waals surface area (Å²) in [5.41, 5.74) is 5.34. The van der Waals surface area contributed by atoms with E-state index < -0.39 is 5.92 Å². The molecule has 0 amide bonds. The van der Waals surface area contributed by atoms with Gasteiger partial charge in [-0.2, -0.15) is 0 Å². The van der Waals surface area contributed by atoms with Gasteiger partial charge in [0.05, 0.1) is 12.5 Å². The lowest BCUT2D eigenvalue weighted by molar-refractivity contribution is -0.148. The number of hydrogen-bond donors (Lipinski definition) is 3. The van der Waals surface area contributed by atoms with Crippen molar-refractivity contribution in [2.45, 2.75) is 19.3 Å². The van der Waals surface area contributed by atoms with Crippen LogP contribution in [-0.2, 0) is 9.53 Å². The zero-order chi connectivity index (χ0) is 10.8. The average molecular weight is 205 g/mol. The van der Waals surface area contributed by atoms with Crippen molar-refractivity contribution in [1.29, 1.82) is 0 Å². The number of carbonyl (C=O) groups excluding carboxylic acids is 1. The second-order valence-corrected chi connectivity index (χ2v) is 3.04. The molecular formula is C9H19NO4. The molecule has 0 aliphatic carbocycles. The molecule has 4 N–H and O–H groups in total. The Balaban J connectivity index is 3.58. The van der Waals surface area contributed by atoms with Crippen molar-refractivity contribution in [3.05, 3.63) is 0 Å². The van der Waals surface area contributed by atoms with Gasteiger partial charge in [-0.05, 0) is 19.3 Å². The van der Waals surface area contributed by atoms with Crippen LogP contribution in [0.2, 0.25) is 0 Å². The molecule has 0 spiro atoms. The third kappa shape index (κ3) is 5.90. The van der Waals surface area contributed by atoms with E-state index >= 15 is 0 Å². The van der Waals surface area contributed by atoms with Gasteiger partial charge in [0.15, 0.2) is 0 Å². The van der Waals surface area contributed by atoms with Crippen molar-refractivity contribution in [3.63, 3.8) is 0 Å². The van der Waals surface area contributed by atoms with Gasteiger partial charge < -0.3 is 20.7 Å². The zero-order valence-corrected chi connectivity index (χ0v) is 8.32. The van der Waals surface area contributed by atoms with E-state index in [4.69, 9.17) is 20.7 Å². The summed E-state index contributed by atoms with van der Waals surface area (Å²) in [6.45, 7) is 0.544. The van der Waals surface area contributed by atoms with Crippen molar-refractivity contribution >= 4 is 5.97 Å². The Labute approximate surface area is 83.9 Å². The number of ether oxygens (including phenoxy) is 1. The number of esters is 1. The maximum absolute atomic E-state index is 11.3. The summed E-state index contributed by atoms with van der Waals surface area (Å²) in [6, 6.07) is 0. The van der Waals surface area contributed by atoms with Crippen molar-refractivity contribution < 1.29 is 19.7 Å². The van der Waals surface area contributed by atoms with Gasteiger partial charge in [0.25, 0.3) is 0 Å². The zero-order valence-electron chi connectivity index (χ0n) is 8.32. The minimum atomic E-state index is -0.408. The normalized spacial score (nSPS) is 12.5. The third-order valence-electron chi connectivity index (χ3n) is 1.89. The highest BCUT2D eigenvalue weighted by molar-refractivity contribution is 5.72. The van der Waals surface area contributed by atoms with E-state index in [9.17, 15) is 4.79 Å². The lowest BCUT2D eigenvalue weighted by Crippen LogP contribution is -2.27. The monoisotopic (exact) mass is 205 g/mol. The highest BCUT2D eigenvalue weighted by atomic mass is 16.5. The van der Waals surface area contributed by atoms with Gasteiger partial charge in [-0.1, -0.05) is 0 Å². The van der Waals surface area contributed by atoms with Crippen LogP contribution in [0.4, 0.5) is 0 Å². The first-order valence-electron chi connectivity index (χ1n) is 4.84. The Kier molecular flexibility index (Phi) is 8.51. The number of carbonyl (C=O) groups is 1. The minimum Gasteiger partial charge on any atom is -0.465 e. The molecule has 0 heterocycles. The maximum Gasteiger partial charge on any atom is 0.310 e. The van der Waals surface area contributed by atoms with Gasteiger partial charge in [0.1, 0.15) is 0 Å². The van der Waals surface area contributed by atoms with Gasteiger partial charge in [-0.25, -0.2) is 0 Å². The Morgan fingerprint density at radius 2 is 2.00 bits per heavy atom. The molecule has 1 atom stereocenters. The third-order valence-corrected chi connectivity index (χ3v) is 1.89. The number of nitrogens with two attached hydrogens (primary N) is 1. The molecule has 14 heavy (non-hydrogen) atoms. The fourth-order valence-corrected chi connectivity index (χ4v) is 0.992. The molecule has 5 heteroatoms. The van der Waals surface area contributed by atoms with Gasteiger partial charge in [-0.15, -0.1) is 0 Å². The predicted molar refractivity (Wildman–Crippen MR) is 51.5 cm³/mol. The number of hydrogen-bond acceptors (Lipinski definition) is 5. The Hall–Kier alpha value is -0.650.